The fourth-order valence-corrected chi connectivity index (χ4v) is 3.82. The van der Waals surface area contributed by atoms with Gasteiger partial charge in [-0.2, -0.15) is 11.8 Å². The number of carbonyl (C=O) groups is 1. The van der Waals surface area contributed by atoms with Gasteiger partial charge in [0.1, 0.15) is 6.10 Å². The quantitative estimate of drug-likeness (QED) is 0.257. The second-order valence-corrected chi connectivity index (χ2v) is 7.98. The topological polar surface area (TPSA) is 29.5 Å². The minimum atomic E-state index is -0.197. The maximum absolute atomic E-state index is 12.5. The highest BCUT2D eigenvalue weighted by molar-refractivity contribution is 7.99. The number of rotatable bonds is 15. The summed E-state index contributed by atoms with van der Waals surface area (Å²) in [4.78, 5) is 15.0. The van der Waals surface area contributed by atoms with E-state index in [0.717, 1.165) is 31.1 Å². The molecule has 1 aromatic rings. The number of ether oxygens (including phenoxy) is 1. The summed E-state index contributed by atoms with van der Waals surface area (Å²) >= 11 is 1.91. The molecule has 0 aliphatic heterocycles. The third-order valence-electron chi connectivity index (χ3n) is 4.35. The number of carbonyl (C=O) groups excluding carboxylic acids is 1. The molecule has 1 atom stereocenters. The van der Waals surface area contributed by atoms with Gasteiger partial charge in [-0.15, -0.1) is 12.4 Å². The molecular weight excluding hydrogens is 378 g/mol. The molecule has 0 fully saturated rings. The number of benzene rings is 1. The van der Waals surface area contributed by atoms with Gasteiger partial charge < -0.3 is 4.74 Å². The van der Waals surface area contributed by atoms with Crippen molar-refractivity contribution in [3.63, 3.8) is 0 Å². The molecule has 0 spiro atoms. The van der Waals surface area contributed by atoms with Gasteiger partial charge in [0, 0.05) is 12.3 Å². The normalized spacial score (nSPS) is 11.9. The molecule has 5 heteroatoms. The van der Waals surface area contributed by atoms with Crippen LogP contribution in [0.15, 0.2) is 30.3 Å². The summed E-state index contributed by atoms with van der Waals surface area (Å²) < 4.78 is 5.91. The monoisotopic (exact) mass is 415 g/mol. The lowest BCUT2D eigenvalue weighted by atomic mass is 10.2. The first kappa shape index (κ1) is 26.3. The van der Waals surface area contributed by atoms with Crippen molar-refractivity contribution in [2.24, 2.45) is 0 Å². The minimum absolute atomic E-state index is 0. The van der Waals surface area contributed by atoms with E-state index >= 15 is 0 Å². The van der Waals surface area contributed by atoms with Crippen LogP contribution in [0.1, 0.15) is 69.7 Å². The lowest BCUT2D eigenvalue weighted by Crippen LogP contribution is -2.38. The Hall–Kier alpha value is -0.710. The summed E-state index contributed by atoms with van der Waals surface area (Å²) in [5, 5.41) is 0. The number of unbranched alkanes of at least 4 members (excludes halogenated alkanes) is 3. The van der Waals surface area contributed by atoms with Crippen LogP contribution in [0, 0.1) is 0 Å². The molecule has 0 aliphatic carbocycles. The fourth-order valence-electron chi connectivity index (χ4n) is 2.72. The first-order valence-electron chi connectivity index (χ1n) is 10.3. The number of esters is 1. The van der Waals surface area contributed by atoms with Crippen LogP contribution in [0.4, 0.5) is 0 Å². The summed E-state index contributed by atoms with van der Waals surface area (Å²) in [7, 11) is 0. The summed E-state index contributed by atoms with van der Waals surface area (Å²) in [6.07, 6.45) is 7.18. The van der Waals surface area contributed by atoms with E-state index in [4.69, 9.17) is 4.74 Å². The van der Waals surface area contributed by atoms with Crippen molar-refractivity contribution in [3.05, 3.63) is 35.9 Å². The summed E-state index contributed by atoms with van der Waals surface area (Å²) in [6, 6.07) is 9.35. The van der Waals surface area contributed by atoms with E-state index in [1.165, 1.54) is 38.5 Å². The number of thioether (sulfide) groups is 1. The Labute approximate surface area is 177 Å². The molecule has 0 bridgehead atoms. The zero-order chi connectivity index (χ0) is 19.0. The van der Waals surface area contributed by atoms with Gasteiger partial charge >= 0.3 is 5.97 Å². The maximum Gasteiger partial charge on any atom is 0.338 e. The van der Waals surface area contributed by atoms with Crippen molar-refractivity contribution in [2.75, 3.05) is 31.1 Å². The average molecular weight is 416 g/mol. The highest BCUT2D eigenvalue weighted by Crippen LogP contribution is 2.14. The molecule has 0 amide bonds. The Morgan fingerprint density at radius 3 is 2.15 bits per heavy atom. The number of halogens is 1. The smallest absolute Gasteiger partial charge is 0.338 e. The molecule has 1 rings (SSSR count). The highest BCUT2D eigenvalue weighted by Gasteiger charge is 2.19. The Kier molecular flexibility index (Phi) is 16.9. The predicted molar refractivity (Wildman–Crippen MR) is 121 cm³/mol. The van der Waals surface area contributed by atoms with Gasteiger partial charge in [0.05, 0.1) is 5.56 Å². The van der Waals surface area contributed by atoms with Crippen molar-refractivity contribution < 1.29 is 9.53 Å². The lowest BCUT2D eigenvalue weighted by Gasteiger charge is -2.27. The van der Waals surface area contributed by atoms with E-state index in [2.05, 4.69) is 25.7 Å². The molecular formula is C22H38ClNO2S. The third-order valence-corrected chi connectivity index (χ3v) is 5.53. The highest BCUT2D eigenvalue weighted by atomic mass is 35.5. The van der Waals surface area contributed by atoms with Crippen LogP contribution in [0.3, 0.4) is 0 Å². The first-order chi connectivity index (χ1) is 12.7. The van der Waals surface area contributed by atoms with Crippen LogP contribution in [0.5, 0.6) is 0 Å². The summed E-state index contributed by atoms with van der Waals surface area (Å²) in [6.45, 7) is 9.70. The van der Waals surface area contributed by atoms with E-state index in [1.54, 1.807) is 0 Å². The molecule has 0 saturated carbocycles. The van der Waals surface area contributed by atoms with Crippen molar-refractivity contribution in [3.8, 4) is 0 Å². The number of hydrogen-bond acceptors (Lipinski definition) is 4. The molecule has 1 unspecified atom stereocenters. The van der Waals surface area contributed by atoms with Gasteiger partial charge in [0.15, 0.2) is 0 Å². The lowest BCUT2D eigenvalue weighted by molar-refractivity contribution is 0.0261. The average Bonchev–Trinajstić information content (AvgIpc) is 2.67. The molecule has 0 heterocycles. The van der Waals surface area contributed by atoms with Gasteiger partial charge in [-0.25, -0.2) is 4.79 Å². The van der Waals surface area contributed by atoms with E-state index < -0.39 is 0 Å². The zero-order valence-electron chi connectivity index (χ0n) is 17.3. The fraction of sp³-hybridized carbons (Fsp3) is 0.682. The van der Waals surface area contributed by atoms with E-state index in [0.29, 0.717) is 5.56 Å². The van der Waals surface area contributed by atoms with Gasteiger partial charge in [-0.05, 0) is 50.2 Å². The maximum atomic E-state index is 12.5. The van der Waals surface area contributed by atoms with Crippen LogP contribution >= 0.6 is 24.2 Å². The summed E-state index contributed by atoms with van der Waals surface area (Å²) in [5.41, 5.74) is 0.643. The molecule has 0 saturated heterocycles. The molecule has 0 N–H and O–H groups in total. The first-order valence-corrected chi connectivity index (χ1v) is 11.4. The Morgan fingerprint density at radius 2 is 1.59 bits per heavy atom. The standard InChI is InChI=1S/C22H37NO2S.ClH/c1-4-7-15-23(16-8-5-2)18-21(19-26-17-9-6-3)25-22(24)20-13-11-10-12-14-20;/h10-14,21H,4-9,15-19H2,1-3H3;1H. The molecule has 1 aromatic carbocycles. The van der Waals surface area contributed by atoms with Crippen LogP contribution in [-0.2, 0) is 4.74 Å². The van der Waals surface area contributed by atoms with Crippen LogP contribution in [-0.4, -0.2) is 48.1 Å². The van der Waals surface area contributed by atoms with Gasteiger partial charge in [-0.3, -0.25) is 4.90 Å². The minimum Gasteiger partial charge on any atom is -0.457 e. The zero-order valence-corrected chi connectivity index (χ0v) is 19.0. The van der Waals surface area contributed by atoms with Crippen LogP contribution in [0.2, 0.25) is 0 Å². The second kappa shape index (κ2) is 17.4. The Bertz CT molecular complexity index is 465. The van der Waals surface area contributed by atoms with E-state index in [1.807, 2.05) is 42.1 Å². The van der Waals surface area contributed by atoms with Crippen molar-refractivity contribution in [1.29, 1.82) is 0 Å². The Balaban J connectivity index is 0.00000676. The third kappa shape index (κ3) is 12.4. The number of nitrogens with zero attached hydrogens (tertiary/aromatic N) is 1. The molecule has 0 radical (unpaired) electrons. The predicted octanol–water partition coefficient (Wildman–Crippen LogP) is 6.07. The van der Waals surface area contributed by atoms with Crippen LogP contribution in [0.25, 0.3) is 0 Å². The molecule has 0 aliphatic rings. The molecule has 0 aromatic heterocycles. The van der Waals surface area contributed by atoms with E-state index in [9.17, 15) is 4.79 Å². The Morgan fingerprint density at radius 1 is 1.00 bits per heavy atom. The summed E-state index contributed by atoms with van der Waals surface area (Å²) in [5.74, 6) is 1.82. The van der Waals surface area contributed by atoms with Gasteiger partial charge in [0.2, 0.25) is 0 Å². The SMILES string of the molecule is CCCCSCC(CN(CCCC)CCCC)OC(=O)c1ccccc1.Cl. The molecule has 156 valence electrons. The van der Waals surface area contributed by atoms with E-state index in [-0.39, 0.29) is 24.5 Å². The van der Waals surface area contributed by atoms with Gasteiger partial charge in [0.25, 0.3) is 0 Å². The molecule has 3 nitrogen and oxygen atoms in total. The van der Waals surface area contributed by atoms with Crippen molar-refractivity contribution in [1.82, 2.24) is 4.90 Å². The van der Waals surface area contributed by atoms with Crippen molar-refractivity contribution in [2.45, 2.75) is 65.4 Å². The molecule has 27 heavy (non-hydrogen) atoms. The largest absolute Gasteiger partial charge is 0.457 e. The second-order valence-electron chi connectivity index (χ2n) is 6.83. The number of hydrogen-bond donors (Lipinski definition) is 0. The van der Waals surface area contributed by atoms with Gasteiger partial charge in [-0.1, -0.05) is 58.2 Å². The van der Waals surface area contributed by atoms with Crippen LogP contribution < -0.4 is 0 Å². The van der Waals surface area contributed by atoms with Crippen molar-refractivity contribution >= 4 is 30.1 Å².